The number of carboxylic acid groups (broad SMARTS) is 1. The van der Waals surface area contributed by atoms with Crippen LogP contribution < -0.4 is 10.6 Å². The molecular weight excluding hydrogens is 328 g/mol. The lowest BCUT2D eigenvalue weighted by Gasteiger charge is -2.28. The molecule has 144 valence electrons. The van der Waals surface area contributed by atoms with Gasteiger partial charge in [-0.1, -0.05) is 13.8 Å². The quantitative estimate of drug-likeness (QED) is 0.467. The molecule has 0 rings (SSSR count). The molecule has 0 radical (unpaired) electrons. The van der Waals surface area contributed by atoms with E-state index in [0.717, 1.165) is 4.90 Å². The first-order chi connectivity index (χ1) is 11.5. The number of hydrogen-bond donors (Lipinski definition) is 3. The molecule has 0 heterocycles. The van der Waals surface area contributed by atoms with Gasteiger partial charge in [0.1, 0.15) is 6.04 Å². The third-order valence-electron chi connectivity index (χ3n) is 3.74. The summed E-state index contributed by atoms with van der Waals surface area (Å²) in [4.78, 5) is 49.7. The molecule has 3 N–H and O–H groups in total. The molecule has 0 saturated carbocycles. The number of nitrogens with zero attached hydrogens (tertiary/aromatic N) is 2. The average molecular weight is 358 g/mol. The van der Waals surface area contributed by atoms with Crippen molar-refractivity contribution in [2.75, 3.05) is 34.7 Å². The third kappa shape index (κ3) is 7.97. The van der Waals surface area contributed by atoms with Gasteiger partial charge < -0.3 is 25.5 Å². The van der Waals surface area contributed by atoms with Crippen molar-refractivity contribution in [2.45, 2.75) is 38.8 Å². The molecule has 25 heavy (non-hydrogen) atoms. The van der Waals surface area contributed by atoms with Crippen molar-refractivity contribution in [2.24, 2.45) is 5.92 Å². The lowest BCUT2D eigenvalue weighted by atomic mass is 10.0. The fourth-order valence-electron chi connectivity index (χ4n) is 2.27. The highest BCUT2D eigenvalue weighted by Crippen LogP contribution is 2.07. The number of hydrogen-bond acceptors (Lipinski definition) is 5. The van der Waals surface area contributed by atoms with Crippen LogP contribution in [-0.2, 0) is 19.2 Å². The predicted octanol–water partition coefficient (Wildman–Crippen LogP) is -0.873. The topological polar surface area (TPSA) is 119 Å². The van der Waals surface area contributed by atoms with Gasteiger partial charge in [-0.25, -0.2) is 0 Å². The van der Waals surface area contributed by atoms with Crippen LogP contribution in [0.1, 0.15) is 26.7 Å². The van der Waals surface area contributed by atoms with Crippen LogP contribution in [-0.4, -0.2) is 85.4 Å². The summed E-state index contributed by atoms with van der Waals surface area (Å²) in [6.07, 6.45) is 0.118. The average Bonchev–Trinajstić information content (AvgIpc) is 2.53. The number of carbonyl (C=O) groups excluding carboxylic acids is 3. The Kier molecular flexibility index (Phi) is 9.73. The minimum atomic E-state index is -1.18. The second kappa shape index (κ2) is 10.7. The van der Waals surface area contributed by atoms with Crippen LogP contribution in [0.5, 0.6) is 0 Å². The van der Waals surface area contributed by atoms with E-state index in [1.54, 1.807) is 7.05 Å². The minimum Gasteiger partial charge on any atom is -0.481 e. The Morgan fingerprint density at radius 1 is 1.08 bits per heavy atom. The molecule has 9 nitrogen and oxygen atoms in total. The van der Waals surface area contributed by atoms with E-state index in [2.05, 4.69) is 10.6 Å². The molecule has 3 amide bonds. The molecule has 0 spiro atoms. The van der Waals surface area contributed by atoms with E-state index < -0.39 is 36.3 Å². The van der Waals surface area contributed by atoms with E-state index in [9.17, 15) is 19.2 Å². The van der Waals surface area contributed by atoms with Crippen molar-refractivity contribution >= 4 is 23.7 Å². The van der Waals surface area contributed by atoms with Gasteiger partial charge in [-0.3, -0.25) is 19.2 Å². The summed E-state index contributed by atoms with van der Waals surface area (Å²) in [5, 5.41) is 14.4. The Balaban J connectivity index is 4.86. The number of amides is 3. The van der Waals surface area contributed by atoms with Gasteiger partial charge >= 0.3 is 5.97 Å². The lowest BCUT2D eigenvalue weighted by Crippen LogP contribution is -2.52. The van der Waals surface area contributed by atoms with Gasteiger partial charge in [0.05, 0.1) is 19.0 Å². The Labute approximate surface area is 148 Å². The smallest absolute Gasteiger partial charge is 0.305 e. The van der Waals surface area contributed by atoms with Gasteiger partial charge in [0.2, 0.25) is 17.7 Å². The standard InChI is InChI=1S/C16H30N4O5/c1-10(2)7-11(17-3)15(24)18-9-13(21)20(6)12(8-14(22)23)16(25)19(4)5/h10-12,17H,7-9H2,1-6H3,(H,18,24)(H,22,23)/t11-,12-/m0/s1. The highest BCUT2D eigenvalue weighted by molar-refractivity contribution is 5.92. The molecule has 0 aliphatic rings. The Morgan fingerprint density at radius 3 is 2.04 bits per heavy atom. The van der Waals surface area contributed by atoms with Crippen molar-refractivity contribution in [1.29, 1.82) is 0 Å². The summed E-state index contributed by atoms with van der Waals surface area (Å²) in [5.41, 5.74) is 0. The number of carboxylic acids is 1. The Hall–Kier alpha value is -2.16. The van der Waals surface area contributed by atoms with Crippen LogP contribution >= 0.6 is 0 Å². The Bertz CT molecular complexity index is 493. The van der Waals surface area contributed by atoms with Crippen molar-refractivity contribution in [1.82, 2.24) is 20.4 Å². The van der Waals surface area contributed by atoms with Gasteiger partial charge in [0.25, 0.3) is 0 Å². The molecule has 0 aromatic rings. The number of nitrogens with one attached hydrogen (secondary N) is 2. The number of likely N-dealkylation sites (N-methyl/N-ethyl adjacent to an activating group) is 3. The second-order valence-electron chi connectivity index (χ2n) is 6.54. The molecule has 0 aromatic heterocycles. The summed E-state index contributed by atoms with van der Waals surface area (Å²) in [6.45, 7) is 3.67. The zero-order chi connectivity index (χ0) is 19.7. The van der Waals surface area contributed by atoms with E-state index in [4.69, 9.17) is 5.11 Å². The van der Waals surface area contributed by atoms with Crippen LogP contribution in [0, 0.1) is 5.92 Å². The van der Waals surface area contributed by atoms with Crippen molar-refractivity contribution < 1.29 is 24.3 Å². The summed E-state index contributed by atoms with van der Waals surface area (Å²) in [6, 6.07) is -1.54. The highest BCUT2D eigenvalue weighted by atomic mass is 16.4. The first-order valence-corrected chi connectivity index (χ1v) is 8.14. The van der Waals surface area contributed by atoms with Crippen molar-refractivity contribution in [3.63, 3.8) is 0 Å². The monoisotopic (exact) mass is 358 g/mol. The van der Waals surface area contributed by atoms with Crippen molar-refractivity contribution in [3.05, 3.63) is 0 Å². The summed E-state index contributed by atoms with van der Waals surface area (Å²) in [5.74, 6) is -2.21. The van der Waals surface area contributed by atoms with Crippen LogP contribution in [0.3, 0.4) is 0 Å². The number of rotatable bonds is 10. The van der Waals surface area contributed by atoms with E-state index in [0.29, 0.717) is 12.3 Å². The molecular formula is C16H30N4O5. The van der Waals surface area contributed by atoms with Gasteiger partial charge in [-0.15, -0.1) is 0 Å². The lowest BCUT2D eigenvalue weighted by molar-refractivity contribution is -0.148. The normalized spacial score (nSPS) is 13.1. The molecule has 0 unspecified atom stereocenters. The molecule has 0 aromatic carbocycles. The maximum Gasteiger partial charge on any atom is 0.305 e. The maximum atomic E-state index is 12.3. The van der Waals surface area contributed by atoms with E-state index in [-0.39, 0.29) is 12.5 Å². The predicted molar refractivity (Wildman–Crippen MR) is 92.8 cm³/mol. The van der Waals surface area contributed by atoms with Gasteiger partial charge in [0.15, 0.2) is 0 Å². The SMILES string of the molecule is CN[C@@H](CC(C)C)C(=O)NCC(=O)N(C)[C@@H](CC(=O)O)C(=O)N(C)C. The zero-order valence-corrected chi connectivity index (χ0v) is 15.8. The fraction of sp³-hybridized carbons (Fsp3) is 0.750. The Morgan fingerprint density at radius 2 is 1.64 bits per heavy atom. The van der Waals surface area contributed by atoms with Crippen LogP contribution in [0.15, 0.2) is 0 Å². The van der Waals surface area contributed by atoms with E-state index >= 15 is 0 Å². The molecule has 0 aliphatic heterocycles. The fourth-order valence-corrected chi connectivity index (χ4v) is 2.27. The third-order valence-corrected chi connectivity index (χ3v) is 3.74. The zero-order valence-electron chi connectivity index (χ0n) is 15.8. The second-order valence-corrected chi connectivity index (χ2v) is 6.54. The molecule has 0 aliphatic carbocycles. The largest absolute Gasteiger partial charge is 0.481 e. The van der Waals surface area contributed by atoms with Gasteiger partial charge in [-0.05, 0) is 19.4 Å². The molecule has 0 saturated heterocycles. The van der Waals surface area contributed by atoms with Crippen molar-refractivity contribution in [3.8, 4) is 0 Å². The van der Waals surface area contributed by atoms with Crippen LogP contribution in [0.2, 0.25) is 0 Å². The molecule has 0 fully saturated rings. The van der Waals surface area contributed by atoms with Gasteiger partial charge in [0, 0.05) is 21.1 Å². The maximum absolute atomic E-state index is 12.3. The van der Waals surface area contributed by atoms with Gasteiger partial charge in [-0.2, -0.15) is 0 Å². The van der Waals surface area contributed by atoms with E-state index in [1.165, 1.54) is 26.0 Å². The van der Waals surface area contributed by atoms with Crippen LogP contribution in [0.4, 0.5) is 0 Å². The molecule has 9 heteroatoms. The number of aliphatic carboxylic acids is 1. The number of carbonyl (C=O) groups is 4. The minimum absolute atomic E-state index is 0.303. The molecule has 2 atom stereocenters. The highest BCUT2D eigenvalue weighted by Gasteiger charge is 2.30. The first-order valence-electron chi connectivity index (χ1n) is 8.14. The van der Waals surface area contributed by atoms with Crippen LogP contribution in [0.25, 0.3) is 0 Å². The first kappa shape index (κ1) is 22.8. The summed E-state index contributed by atoms with van der Waals surface area (Å²) >= 11 is 0. The summed E-state index contributed by atoms with van der Waals surface area (Å²) < 4.78 is 0. The van der Waals surface area contributed by atoms with E-state index in [1.807, 2.05) is 13.8 Å². The molecule has 0 bridgehead atoms. The summed E-state index contributed by atoms with van der Waals surface area (Å²) in [7, 11) is 5.99.